The van der Waals surface area contributed by atoms with Gasteiger partial charge in [-0.25, -0.2) is 0 Å². The quantitative estimate of drug-likeness (QED) is 0.452. The molecule has 1 nitrogen and oxygen atoms in total. The highest BCUT2D eigenvalue weighted by Crippen LogP contribution is 2.30. The molecule has 1 unspecified atom stereocenters. The number of rotatable bonds is 0. The molecule has 0 N–H and O–H groups in total. The van der Waals surface area contributed by atoms with Gasteiger partial charge in [0.05, 0.1) is 6.04 Å². The van der Waals surface area contributed by atoms with Gasteiger partial charge >= 0.3 is 0 Å². The maximum absolute atomic E-state index is 4.26. The second kappa shape index (κ2) is 1.57. The molecule has 1 heterocycles. The van der Waals surface area contributed by atoms with Gasteiger partial charge in [0, 0.05) is 0 Å². The minimum Gasteiger partial charge on any atom is -0.294 e. The Kier molecular flexibility index (Phi) is 1.14. The van der Waals surface area contributed by atoms with Gasteiger partial charge < -0.3 is 0 Å². The van der Waals surface area contributed by atoms with Gasteiger partial charge in [0.25, 0.3) is 0 Å². The molecule has 0 saturated carbocycles. The van der Waals surface area contributed by atoms with E-state index >= 15 is 0 Å². The molecule has 0 aromatic carbocycles. The lowest BCUT2D eigenvalue weighted by Gasteiger charge is -2.20. The predicted octanol–water partition coefficient (Wildman–Crippen LogP) is 1.88. The molecule has 0 aliphatic carbocycles. The van der Waals surface area contributed by atoms with Gasteiger partial charge in [0.1, 0.15) is 0 Å². The first-order valence-electron chi connectivity index (χ1n) is 3.14. The van der Waals surface area contributed by atoms with Crippen LogP contribution in [0.15, 0.2) is 4.99 Å². The zero-order chi connectivity index (χ0) is 6.20. The fourth-order valence-electron chi connectivity index (χ4n) is 0.818. The van der Waals surface area contributed by atoms with Crippen LogP contribution in [0, 0.1) is 5.41 Å². The van der Waals surface area contributed by atoms with Crippen molar-refractivity contribution in [3.8, 4) is 0 Å². The molecule has 1 atom stereocenters. The maximum atomic E-state index is 4.26. The summed E-state index contributed by atoms with van der Waals surface area (Å²) in [5.41, 5.74) is 0.431. The third-order valence-corrected chi connectivity index (χ3v) is 2.08. The second-order valence-corrected chi connectivity index (χ2v) is 3.20. The van der Waals surface area contributed by atoms with Crippen LogP contribution in [0.25, 0.3) is 0 Å². The van der Waals surface area contributed by atoms with Crippen molar-refractivity contribution in [2.75, 3.05) is 0 Å². The molecule has 0 aromatic heterocycles. The highest BCUT2D eigenvalue weighted by atomic mass is 14.8. The average Bonchev–Trinajstić information content (AvgIpc) is 1.86. The van der Waals surface area contributed by atoms with Crippen molar-refractivity contribution in [2.24, 2.45) is 10.4 Å². The van der Waals surface area contributed by atoms with E-state index < -0.39 is 0 Å². The molecule has 1 aliphatic heterocycles. The Morgan fingerprint density at radius 3 is 2.38 bits per heavy atom. The van der Waals surface area contributed by atoms with Crippen molar-refractivity contribution in [2.45, 2.75) is 33.2 Å². The molecule has 8 heavy (non-hydrogen) atoms. The van der Waals surface area contributed by atoms with Gasteiger partial charge in [-0.15, -0.1) is 0 Å². The minimum absolute atomic E-state index is 0.431. The van der Waals surface area contributed by atoms with E-state index in [1.165, 1.54) is 0 Å². The normalized spacial score (nSPS) is 33.6. The smallest absolute Gasteiger partial charge is 0.0522 e. The zero-order valence-electron chi connectivity index (χ0n) is 5.81. The van der Waals surface area contributed by atoms with E-state index in [0.29, 0.717) is 11.5 Å². The Morgan fingerprint density at radius 1 is 1.62 bits per heavy atom. The Labute approximate surface area is 50.8 Å². The Balaban J connectivity index is 2.64. The van der Waals surface area contributed by atoms with Gasteiger partial charge in [-0.2, -0.15) is 0 Å². The van der Waals surface area contributed by atoms with Crippen molar-refractivity contribution >= 4 is 6.21 Å². The Morgan fingerprint density at radius 2 is 2.25 bits per heavy atom. The lowest BCUT2D eigenvalue weighted by molar-refractivity contribution is 0.342. The first kappa shape index (κ1) is 5.80. The lowest BCUT2D eigenvalue weighted by Crippen LogP contribution is -2.19. The van der Waals surface area contributed by atoms with Crippen molar-refractivity contribution in [1.29, 1.82) is 0 Å². The minimum atomic E-state index is 0.431. The number of aliphatic imine (C=N–C) groups is 1. The van der Waals surface area contributed by atoms with E-state index in [0.717, 1.165) is 6.42 Å². The van der Waals surface area contributed by atoms with Gasteiger partial charge in [-0.1, -0.05) is 13.8 Å². The van der Waals surface area contributed by atoms with E-state index in [1.54, 1.807) is 0 Å². The molecule has 1 heteroatoms. The van der Waals surface area contributed by atoms with Gasteiger partial charge in [0.15, 0.2) is 0 Å². The Hall–Kier alpha value is -0.330. The number of nitrogens with zero attached hydrogens (tertiary/aromatic N) is 1. The van der Waals surface area contributed by atoms with Crippen LogP contribution in [0.5, 0.6) is 0 Å². The number of hydrogen-bond acceptors (Lipinski definition) is 1. The van der Waals surface area contributed by atoms with E-state index in [9.17, 15) is 0 Å². The third-order valence-electron chi connectivity index (χ3n) is 2.08. The first-order chi connectivity index (χ1) is 3.63. The van der Waals surface area contributed by atoms with Crippen LogP contribution in [0.3, 0.4) is 0 Å². The van der Waals surface area contributed by atoms with E-state index in [-0.39, 0.29) is 0 Å². The molecule has 0 fully saturated rings. The molecule has 0 spiro atoms. The fourth-order valence-corrected chi connectivity index (χ4v) is 0.818. The molecule has 1 aliphatic rings. The van der Waals surface area contributed by atoms with Crippen LogP contribution in [-0.4, -0.2) is 12.3 Å². The molecular weight excluding hydrogens is 98.1 g/mol. The van der Waals surface area contributed by atoms with Crippen LogP contribution in [0.4, 0.5) is 0 Å². The second-order valence-electron chi connectivity index (χ2n) is 3.20. The van der Waals surface area contributed by atoms with Gasteiger partial charge in [0.2, 0.25) is 0 Å². The summed E-state index contributed by atoms with van der Waals surface area (Å²) in [6.07, 6.45) is 3.18. The fraction of sp³-hybridized carbons (Fsp3) is 0.857. The predicted molar refractivity (Wildman–Crippen MR) is 36.4 cm³/mol. The van der Waals surface area contributed by atoms with E-state index in [2.05, 4.69) is 25.8 Å². The molecule has 0 bridgehead atoms. The van der Waals surface area contributed by atoms with Crippen LogP contribution in [-0.2, 0) is 0 Å². The summed E-state index contributed by atoms with van der Waals surface area (Å²) in [5, 5.41) is 0. The summed E-state index contributed by atoms with van der Waals surface area (Å²) in [4.78, 5) is 4.26. The molecule has 46 valence electrons. The van der Waals surface area contributed by atoms with Crippen LogP contribution >= 0.6 is 0 Å². The third kappa shape index (κ3) is 0.770. The van der Waals surface area contributed by atoms with Crippen molar-refractivity contribution in [1.82, 2.24) is 0 Å². The number of hydrogen-bond donors (Lipinski definition) is 0. The summed E-state index contributed by atoms with van der Waals surface area (Å²) in [6, 6.07) is 0.530. The van der Waals surface area contributed by atoms with Crippen LogP contribution in [0.2, 0.25) is 0 Å². The topological polar surface area (TPSA) is 12.4 Å². The summed E-state index contributed by atoms with van der Waals surface area (Å²) in [5.74, 6) is 0. The molecule has 0 amide bonds. The van der Waals surface area contributed by atoms with Gasteiger partial charge in [-0.05, 0) is 25.0 Å². The summed E-state index contributed by atoms with van der Waals surface area (Å²) >= 11 is 0. The lowest BCUT2D eigenvalue weighted by atomic mass is 9.86. The maximum Gasteiger partial charge on any atom is 0.0522 e. The molecule has 1 rings (SSSR count). The summed E-state index contributed by atoms with van der Waals surface area (Å²) in [7, 11) is 0. The van der Waals surface area contributed by atoms with E-state index in [4.69, 9.17) is 0 Å². The van der Waals surface area contributed by atoms with Crippen LogP contribution < -0.4 is 0 Å². The Bertz CT molecular complexity index is 114. The van der Waals surface area contributed by atoms with Crippen molar-refractivity contribution in [3.05, 3.63) is 0 Å². The standard InChI is InChI=1S/C7H13N/c1-6-7(2,3)4-5-8-6/h5-6H,4H2,1-3H3. The molecule has 0 saturated heterocycles. The highest BCUT2D eigenvalue weighted by molar-refractivity contribution is 5.61. The highest BCUT2D eigenvalue weighted by Gasteiger charge is 2.27. The monoisotopic (exact) mass is 111 g/mol. The largest absolute Gasteiger partial charge is 0.294 e. The summed E-state index contributed by atoms with van der Waals surface area (Å²) < 4.78 is 0. The molecule has 0 radical (unpaired) electrons. The van der Waals surface area contributed by atoms with Crippen LogP contribution in [0.1, 0.15) is 27.2 Å². The molecule has 0 aromatic rings. The SMILES string of the molecule is CC1N=CCC1(C)C. The van der Waals surface area contributed by atoms with E-state index in [1.807, 2.05) is 6.21 Å². The first-order valence-corrected chi connectivity index (χ1v) is 3.14. The average molecular weight is 111 g/mol. The zero-order valence-corrected chi connectivity index (χ0v) is 5.81. The van der Waals surface area contributed by atoms with Crippen molar-refractivity contribution in [3.63, 3.8) is 0 Å². The molecular formula is C7H13N. The van der Waals surface area contributed by atoms with Crippen molar-refractivity contribution < 1.29 is 0 Å². The summed E-state index contributed by atoms with van der Waals surface area (Å²) in [6.45, 7) is 6.68. The van der Waals surface area contributed by atoms with Gasteiger partial charge in [-0.3, -0.25) is 4.99 Å².